The second-order valence-corrected chi connectivity index (χ2v) is 11.0. The van der Waals surface area contributed by atoms with Crippen molar-refractivity contribution < 1.29 is 28.9 Å². The number of anilines is 1. The van der Waals surface area contributed by atoms with E-state index in [-0.39, 0.29) is 16.5 Å². The van der Waals surface area contributed by atoms with Gasteiger partial charge >= 0.3 is 5.91 Å². The van der Waals surface area contributed by atoms with E-state index >= 15 is 0 Å². The number of ketones is 1. The first-order valence-corrected chi connectivity index (χ1v) is 14.3. The van der Waals surface area contributed by atoms with Gasteiger partial charge in [-0.2, -0.15) is 0 Å². The molecule has 212 valence electrons. The van der Waals surface area contributed by atoms with Crippen LogP contribution < -0.4 is 19.1 Å². The van der Waals surface area contributed by atoms with Crippen molar-refractivity contribution in [1.29, 1.82) is 0 Å². The molecule has 0 saturated carbocycles. The maximum Gasteiger partial charge on any atom is 0.301 e. The molecule has 1 atom stereocenters. The van der Waals surface area contributed by atoms with E-state index in [1.54, 1.807) is 49.4 Å². The quantitative estimate of drug-likeness (QED) is 0.160. The van der Waals surface area contributed by atoms with Crippen LogP contribution in [0.2, 0.25) is 0 Å². The van der Waals surface area contributed by atoms with Gasteiger partial charge in [0.05, 0.1) is 31.4 Å². The van der Waals surface area contributed by atoms with Crippen LogP contribution in [0.4, 0.5) is 5.13 Å². The Kier molecular flexibility index (Phi) is 9.42. The first-order chi connectivity index (χ1) is 19.2. The van der Waals surface area contributed by atoms with Gasteiger partial charge in [-0.25, -0.2) is 0 Å². The molecular formula is C30H35N3O6S. The maximum absolute atomic E-state index is 13.5. The predicted molar refractivity (Wildman–Crippen MR) is 154 cm³/mol. The van der Waals surface area contributed by atoms with E-state index in [0.29, 0.717) is 59.1 Å². The van der Waals surface area contributed by atoms with Gasteiger partial charge in [-0.15, -0.1) is 10.2 Å². The zero-order valence-electron chi connectivity index (χ0n) is 23.5. The lowest BCUT2D eigenvalue weighted by molar-refractivity contribution is -0.132. The number of aromatic nitrogens is 2. The first kappa shape index (κ1) is 29.1. The molecule has 10 heteroatoms. The van der Waals surface area contributed by atoms with Crippen molar-refractivity contribution in [2.45, 2.75) is 53.5 Å². The minimum absolute atomic E-state index is 0.0454. The van der Waals surface area contributed by atoms with Crippen molar-refractivity contribution in [2.24, 2.45) is 5.92 Å². The fourth-order valence-corrected chi connectivity index (χ4v) is 5.01. The average molecular weight is 566 g/mol. The molecule has 0 radical (unpaired) electrons. The van der Waals surface area contributed by atoms with Crippen LogP contribution in [0.3, 0.4) is 0 Å². The molecule has 40 heavy (non-hydrogen) atoms. The van der Waals surface area contributed by atoms with E-state index in [2.05, 4.69) is 24.0 Å². The van der Waals surface area contributed by atoms with Gasteiger partial charge in [-0.1, -0.05) is 38.2 Å². The first-order valence-electron chi connectivity index (χ1n) is 13.5. The zero-order chi connectivity index (χ0) is 28.8. The number of hydrogen-bond acceptors (Lipinski definition) is 9. The van der Waals surface area contributed by atoms with Crippen molar-refractivity contribution in [2.75, 3.05) is 24.7 Å². The van der Waals surface area contributed by atoms with Crippen LogP contribution in [-0.4, -0.2) is 46.8 Å². The highest BCUT2D eigenvalue weighted by molar-refractivity contribution is 7.15. The fourth-order valence-electron chi connectivity index (χ4n) is 4.30. The van der Waals surface area contributed by atoms with Gasteiger partial charge in [0.25, 0.3) is 5.78 Å². The van der Waals surface area contributed by atoms with Gasteiger partial charge in [0, 0.05) is 5.56 Å². The smallest absolute Gasteiger partial charge is 0.301 e. The molecule has 1 fully saturated rings. The second kappa shape index (κ2) is 13.0. The molecule has 1 amide bonds. The van der Waals surface area contributed by atoms with Gasteiger partial charge in [-0.3, -0.25) is 14.5 Å². The van der Waals surface area contributed by atoms with Crippen LogP contribution in [-0.2, 0) is 9.59 Å². The Bertz CT molecular complexity index is 1380. The molecule has 0 spiro atoms. The standard InChI is InChI=1S/C30H35N3O6S/c1-6-15-38-22-11-8-20(9-12-22)27(34)25-26(33(29(36)28(25)35)30-32-31-19(5)40-30)21-10-13-23(24(17-21)37-7-2)39-16-14-18(3)4/h8-13,17-18,26,34H,6-7,14-16H2,1-5H3/b27-25+. The Morgan fingerprint density at radius 2 is 1.75 bits per heavy atom. The highest BCUT2D eigenvalue weighted by atomic mass is 32.1. The molecule has 9 nitrogen and oxygen atoms in total. The largest absolute Gasteiger partial charge is 0.507 e. The summed E-state index contributed by atoms with van der Waals surface area (Å²) < 4.78 is 17.5. The second-order valence-electron chi connectivity index (χ2n) is 9.82. The van der Waals surface area contributed by atoms with Crippen LogP contribution in [0.25, 0.3) is 5.76 Å². The summed E-state index contributed by atoms with van der Waals surface area (Å²) in [5.74, 6) is 0.297. The van der Waals surface area contributed by atoms with Crippen LogP contribution in [0.5, 0.6) is 17.2 Å². The Hall–Kier alpha value is -3.92. The van der Waals surface area contributed by atoms with E-state index in [1.807, 2.05) is 13.8 Å². The molecule has 1 aliphatic heterocycles. The summed E-state index contributed by atoms with van der Waals surface area (Å²) in [6.07, 6.45) is 1.74. The summed E-state index contributed by atoms with van der Waals surface area (Å²) in [6, 6.07) is 11.1. The predicted octanol–water partition coefficient (Wildman–Crippen LogP) is 6.09. The molecule has 3 aromatic rings. The maximum atomic E-state index is 13.5. The molecule has 2 heterocycles. The lowest BCUT2D eigenvalue weighted by Crippen LogP contribution is -2.29. The van der Waals surface area contributed by atoms with Crippen molar-refractivity contribution in [3.63, 3.8) is 0 Å². The summed E-state index contributed by atoms with van der Waals surface area (Å²) >= 11 is 1.19. The third-order valence-electron chi connectivity index (χ3n) is 6.30. The zero-order valence-corrected chi connectivity index (χ0v) is 24.3. The summed E-state index contributed by atoms with van der Waals surface area (Å²) in [7, 11) is 0. The lowest BCUT2D eigenvalue weighted by atomic mass is 9.95. The molecule has 4 rings (SSSR count). The molecular weight excluding hydrogens is 530 g/mol. The number of aliphatic hydroxyl groups is 1. The van der Waals surface area contributed by atoms with Crippen LogP contribution in [0, 0.1) is 12.8 Å². The number of aliphatic hydroxyl groups excluding tert-OH is 1. The number of benzene rings is 2. The van der Waals surface area contributed by atoms with Gasteiger partial charge in [-0.05, 0) is 74.6 Å². The molecule has 1 unspecified atom stereocenters. The Morgan fingerprint density at radius 1 is 1.00 bits per heavy atom. The Labute approximate surface area is 238 Å². The Balaban J connectivity index is 1.81. The fraction of sp³-hybridized carbons (Fsp3) is 0.400. The Morgan fingerprint density at radius 3 is 2.38 bits per heavy atom. The van der Waals surface area contributed by atoms with Crippen LogP contribution in [0.15, 0.2) is 48.0 Å². The number of nitrogens with zero attached hydrogens (tertiary/aromatic N) is 3. The SMILES string of the molecule is CCCOc1ccc(/C(O)=C2\C(=O)C(=O)N(c3nnc(C)s3)C2c2ccc(OCCC(C)C)c(OCC)c2)cc1. The number of Topliss-reactive ketones (excluding diaryl/α,β-unsaturated/α-hetero) is 1. The monoisotopic (exact) mass is 565 g/mol. The molecule has 1 aliphatic rings. The number of carbonyl (C=O) groups is 2. The van der Waals surface area contributed by atoms with Gasteiger partial charge in [0.2, 0.25) is 5.13 Å². The minimum atomic E-state index is -0.952. The lowest BCUT2D eigenvalue weighted by Gasteiger charge is -2.24. The van der Waals surface area contributed by atoms with Crippen molar-refractivity contribution in [1.82, 2.24) is 10.2 Å². The van der Waals surface area contributed by atoms with E-state index in [9.17, 15) is 14.7 Å². The van der Waals surface area contributed by atoms with Gasteiger partial charge in [0.1, 0.15) is 16.5 Å². The van der Waals surface area contributed by atoms with Crippen molar-refractivity contribution in [3.05, 3.63) is 64.2 Å². The van der Waals surface area contributed by atoms with Crippen molar-refractivity contribution in [3.8, 4) is 17.2 Å². The molecule has 1 saturated heterocycles. The summed E-state index contributed by atoms with van der Waals surface area (Å²) in [6.45, 7) is 11.4. The molecule has 0 aliphatic carbocycles. The number of carbonyl (C=O) groups excluding carboxylic acids is 2. The summed E-state index contributed by atoms with van der Waals surface area (Å²) in [4.78, 5) is 28.1. The molecule has 2 aromatic carbocycles. The van der Waals surface area contributed by atoms with Crippen LogP contribution in [0.1, 0.15) is 62.7 Å². The van der Waals surface area contributed by atoms with Crippen LogP contribution >= 0.6 is 11.3 Å². The van der Waals surface area contributed by atoms with E-state index in [4.69, 9.17) is 14.2 Å². The van der Waals surface area contributed by atoms with Gasteiger partial charge < -0.3 is 19.3 Å². The number of ether oxygens (including phenoxy) is 3. The highest BCUT2D eigenvalue weighted by Gasteiger charge is 2.48. The number of rotatable bonds is 12. The topological polar surface area (TPSA) is 111 Å². The minimum Gasteiger partial charge on any atom is -0.507 e. The average Bonchev–Trinajstić information content (AvgIpc) is 3.48. The van der Waals surface area contributed by atoms with Gasteiger partial charge in [0.15, 0.2) is 11.5 Å². The third-order valence-corrected chi connectivity index (χ3v) is 7.14. The molecule has 0 bridgehead atoms. The third kappa shape index (κ3) is 6.28. The molecule has 1 N–H and O–H groups in total. The van der Waals surface area contributed by atoms with E-state index in [0.717, 1.165) is 12.8 Å². The summed E-state index contributed by atoms with van der Waals surface area (Å²) in [5.41, 5.74) is 0.908. The molecule has 1 aromatic heterocycles. The van der Waals surface area contributed by atoms with E-state index < -0.39 is 17.7 Å². The number of aryl methyl sites for hydroxylation is 1. The summed E-state index contributed by atoms with van der Waals surface area (Å²) in [5, 5.41) is 20.5. The normalized spacial score (nSPS) is 16.6. The van der Waals surface area contributed by atoms with Crippen molar-refractivity contribution >= 4 is 33.9 Å². The van der Waals surface area contributed by atoms with E-state index in [1.165, 1.54) is 16.2 Å². The highest BCUT2D eigenvalue weighted by Crippen LogP contribution is 2.45. The number of hydrogen-bond donors (Lipinski definition) is 1. The number of amides is 1.